The van der Waals surface area contributed by atoms with Gasteiger partial charge in [-0.15, -0.1) is 0 Å². The van der Waals surface area contributed by atoms with Gasteiger partial charge in [-0.1, -0.05) is 44.8 Å². The zero-order chi connectivity index (χ0) is 21.7. The molecule has 0 bridgehead atoms. The number of ether oxygens (including phenoxy) is 2. The van der Waals surface area contributed by atoms with E-state index in [-0.39, 0.29) is 50.7 Å². The fourth-order valence-corrected chi connectivity index (χ4v) is 2.31. The van der Waals surface area contributed by atoms with Crippen LogP contribution in [0.15, 0.2) is 12.2 Å². The molecule has 29 heavy (non-hydrogen) atoms. The second-order valence-electron chi connectivity index (χ2n) is 6.58. The molecule has 8 heteroatoms. The van der Waals surface area contributed by atoms with E-state index in [0.717, 1.165) is 12.8 Å². The predicted octanol–water partition coefficient (Wildman–Crippen LogP) is 2.41. The maximum Gasteiger partial charge on any atom is 0.306 e. The molecule has 0 rings (SSSR count). The van der Waals surface area contributed by atoms with E-state index >= 15 is 0 Å². The van der Waals surface area contributed by atoms with Crippen LogP contribution >= 0.6 is 0 Å². The maximum absolute atomic E-state index is 11.6. The third-order valence-corrected chi connectivity index (χ3v) is 3.98. The number of allylic oxidation sites excluding steroid dienone is 1. The van der Waals surface area contributed by atoms with Crippen molar-refractivity contribution < 1.29 is 28.7 Å². The van der Waals surface area contributed by atoms with Gasteiger partial charge in [-0.25, -0.2) is 0 Å². The smallest absolute Gasteiger partial charge is 0.306 e. The third-order valence-electron chi connectivity index (χ3n) is 3.98. The largest absolute Gasteiger partial charge is 0.462 e. The molecule has 0 aromatic rings. The summed E-state index contributed by atoms with van der Waals surface area (Å²) in [4.78, 5) is 46.2. The first kappa shape index (κ1) is 26.6. The number of rotatable bonds is 17. The van der Waals surface area contributed by atoms with Gasteiger partial charge in [0.2, 0.25) is 11.8 Å². The Balaban J connectivity index is 3.59. The number of nitrogens with one attached hydrogen (secondary N) is 2. The van der Waals surface area contributed by atoms with Gasteiger partial charge < -0.3 is 20.1 Å². The van der Waals surface area contributed by atoms with Crippen LogP contribution in [-0.2, 0) is 28.7 Å². The number of hydrogen-bond donors (Lipinski definition) is 2. The van der Waals surface area contributed by atoms with Crippen molar-refractivity contribution in [2.45, 2.75) is 71.6 Å². The van der Waals surface area contributed by atoms with Crippen molar-refractivity contribution >= 4 is 23.8 Å². The highest BCUT2D eigenvalue weighted by molar-refractivity contribution is 5.81. The minimum atomic E-state index is -0.527. The van der Waals surface area contributed by atoms with Gasteiger partial charge in [0.15, 0.2) is 0 Å². The summed E-state index contributed by atoms with van der Waals surface area (Å²) in [5, 5.41) is 5.42. The number of carbonyl (C=O) groups excluding carboxylic acids is 4. The van der Waals surface area contributed by atoms with Crippen LogP contribution in [0.3, 0.4) is 0 Å². The van der Waals surface area contributed by atoms with Gasteiger partial charge in [0, 0.05) is 25.9 Å². The molecule has 0 atom stereocenters. The third kappa shape index (κ3) is 18.7. The molecule has 0 saturated heterocycles. The SMILES string of the molecule is CC=CCNC(=O)CCC(=O)OCCOC(=O)CCC(=O)NCCCCCCC. The highest BCUT2D eigenvalue weighted by atomic mass is 16.6. The Labute approximate surface area is 173 Å². The molecule has 0 aliphatic rings. The molecule has 2 N–H and O–H groups in total. The quantitative estimate of drug-likeness (QED) is 0.216. The Morgan fingerprint density at radius 1 is 0.759 bits per heavy atom. The van der Waals surface area contributed by atoms with E-state index in [1.807, 2.05) is 13.0 Å². The van der Waals surface area contributed by atoms with Crippen molar-refractivity contribution in [3.63, 3.8) is 0 Å². The molecule has 0 unspecified atom stereocenters. The molecule has 0 aromatic heterocycles. The maximum atomic E-state index is 11.6. The second-order valence-corrected chi connectivity index (χ2v) is 6.58. The summed E-state index contributed by atoms with van der Waals surface area (Å²) in [5.74, 6) is -1.44. The second kappa shape index (κ2) is 19.0. The molecule has 8 nitrogen and oxygen atoms in total. The average molecular weight is 413 g/mol. The van der Waals surface area contributed by atoms with Crippen molar-refractivity contribution in [2.24, 2.45) is 0 Å². The Bertz CT molecular complexity index is 519. The summed E-state index contributed by atoms with van der Waals surface area (Å²) in [5.41, 5.74) is 0. The topological polar surface area (TPSA) is 111 Å². The Morgan fingerprint density at radius 2 is 1.31 bits per heavy atom. The summed E-state index contributed by atoms with van der Waals surface area (Å²) in [7, 11) is 0. The van der Waals surface area contributed by atoms with Gasteiger partial charge in [-0.2, -0.15) is 0 Å². The molecular formula is C21H36N2O6. The number of carbonyl (C=O) groups is 4. The zero-order valence-corrected chi connectivity index (χ0v) is 17.8. The van der Waals surface area contributed by atoms with Crippen molar-refractivity contribution in [1.82, 2.24) is 10.6 Å². The molecule has 0 radical (unpaired) electrons. The van der Waals surface area contributed by atoms with Crippen LogP contribution in [0.1, 0.15) is 71.6 Å². The van der Waals surface area contributed by atoms with E-state index in [9.17, 15) is 19.2 Å². The molecule has 0 heterocycles. The van der Waals surface area contributed by atoms with Crippen LogP contribution in [-0.4, -0.2) is 50.1 Å². The van der Waals surface area contributed by atoms with Crippen LogP contribution in [0.5, 0.6) is 0 Å². The molecule has 0 aliphatic heterocycles. The molecule has 0 fully saturated rings. The molecule has 0 spiro atoms. The van der Waals surface area contributed by atoms with Gasteiger partial charge in [0.1, 0.15) is 13.2 Å². The molecule has 0 aromatic carbocycles. The molecule has 166 valence electrons. The van der Waals surface area contributed by atoms with Crippen molar-refractivity contribution in [3.05, 3.63) is 12.2 Å². The van der Waals surface area contributed by atoms with Crippen LogP contribution in [0.25, 0.3) is 0 Å². The first-order valence-corrected chi connectivity index (χ1v) is 10.4. The summed E-state index contributed by atoms with van der Waals surface area (Å²) in [6, 6.07) is 0. The van der Waals surface area contributed by atoms with E-state index in [1.165, 1.54) is 19.3 Å². The Hall–Kier alpha value is -2.38. The zero-order valence-electron chi connectivity index (χ0n) is 17.8. The minimum Gasteiger partial charge on any atom is -0.462 e. The molecule has 0 aliphatic carbocycles. The normalized spacial score (nSPS) is 10.6. The summed E-state index contributed by atoms with van der Waals surface area (Å²) in [6.07, 6.45) is 9.29. The van der Waals surface area contributed by atoms with Crippen LogP contribution in [0, 0.1) is 0 Å². The van der Waals surface area contributed by atoms with Gasteiger partial charge >= 0.3 is 11.9 Å². The van der Waals surface area contributed by atoms with Crippen LogP contribution in [0.4, 0.5) is 0 Å². The Morgan fingerprint density at radius 3 is 1.86 bits per heavy atom. The van der Waals surface area contributed by atoms with Crippen molar-refractivity contribution in [2.75, 3.05) is 26.3 Å². The van der Waals surface area contributed by atoms with Gasteiger partial charge in [0.05, 0.1) is 12.8 Å². The lowest BCUT2D eigenvalue weighted by Crippen LogP contribution is -2.25. The van der Waals surface area contributed by atoms with Crippen molar-refractivity contribution in [1.29, 1.82) is 0 Å². The fourth-order valence-electron chi connectivity index (χ4n) is 2.31. The molecule has 0 saturated carbocycles. The highest BCUT2D eigenvalue weighted by Crippen LogP contribution is 2.01. The monoisotopic (exact) mass is 412 g/mol. The van der Waals surface area contributed by atoms with E-state index in [2.05, 4.69) is 17.6 Å². The number of esters is 2. The first-order valence-electron chi connectivity index (χ1n) is 10.4. The number of hydrogen-bond acceptors (Lipinski definition) is 6. The van der Waals surface area contributed by atoms with Crippen LogP contribution in [0.2, 0.25) is 0 Å². The molecular weight excluding hydrogens is 376 g/mol. The first-order chi connectivity index (χ1) is 14.0. The lowest BCUT2D eigenvalue weighted by Gasteiger charge is -2.07. The highest BCUT2D eigenvalue weighted by Gasteiger charge is 2.10. The predicted molar refractivity (Wildman–Crippen MR) is 110 cm³/mol. The van der Waals surface area contributed by atoms with Gasteiger partial charge in [-0.3, -0.25) is 19.2 Å². The lowest BCUT2D eigenvalue weighted by atomic mass is 10.1. The van der Waals surface area contributed by atoms with Crippen molar-refractivity contribution in [3.8, 4) is 0 Å². The van der Waals surface area contributed by atoms with Crippen LogP contribution < -0.4 is 10.6 Å². The Kier molecular flexibility index (Phi) is 17.4. The fraction of sp³-hybridized carbons (Fsp3) is 0.714. The van der Waals surface area contributed by atoms with E-state index in [0.29, 0.717) is 13.1 Å². The standard InChI is InChI=1S/C21H36N2O6/c1-3-5-7-8-9-15-23-19(25)11-13-21(27)29-17-16-28-20(26)12-10-18(24)22-14-6-4-2/h4,6H,3,5,7-17H2,1-2H3,(H,22,24)(H,23,25). The lowest BCUT2D eigenvalue weighted by molar-refractivity contribution is -0.153. The summed E-state index contributed by atoms with van der Waals surface area (Å²) < 4.78 is 9.82. The number of unbranched alkanes of at least 4 members (excludes halogenated alkanes) is 4. The number of amides is 2. The van der Waals surface area contributed by atoms with E-state index in [4.69, 9.17) is 9.47 Å². The molecule has 2 amide bonds. The van der Waals surface area contributed by atoms with Gasteiger partial charge in [-0.05, 0) is 13.3 Å². The van der Waals surface area contributed by atoms with E-state index < -0.39 is 11.9 Å². The average Bonchev–Trinajstić information content (AvgIpc) is 2.71. The van der Waals surface area contributed by atoms with E-state index in [1.54, 1.807) is 6.08 Å². The van der Waals surface area contributed by atoms with Gasteiger partial charge in [0.25, 0.3) is 0 Å². The summed E-state index contributed by atoms with van der Waals surface area (Å²) in [6.45, 7) is 4.91. The summed E-state index contributed by atoms with van der Waals surface area (Å²) >= 11 is 0. The minimum absolute atomic E-state index is 0.0119.